The van der Waals surface area contributed by atoms with E-state index in [0.29, 0.717) is 5.13 Å². The van der Waals surface area contributed by atoms with Crippen LogP contribution in [0, 0.1) is 0 Å². The molecule has 4 aromatic rings. The van der Waals surface area contributed by atoms with E-state index in [1.165, 1.54) is 34.7 Å². The Morgan fingerprint density at radius 3 is 2.53 bits per heavy atom. The highest BCUT2D eigenvalue weighted by molar-refractivity contribution is 7.89. The maximum absolute atomic E-state index is 12.6. The average Bonchev–Trinajstić information content (AvgIpc) is 3.53. The number of amides is 2. The number of anilines is 1. The maximum Gasteiger partial charge on any atom is 0.253 e. The third-order valence-corrected chi connectivity index (χ3v) is 6.95. The smallest absolute Gasteiger partial charge is 0.253 e. The van der Waals surface area contributed by atoms with Gasteiger partial charge in [-0.15, -0.1) is 11.3 Å². The summed E-state index contributed by atoms with van der Waals surface area (Å²) in [6, 6.07) is 13.2. The zero-order valence-electron chi connectivity index (χ0n) is 18.4. The number of aromatic nitrogens is 3. The summed E-state index contributed by atoms with van der Waals surface area (Å²) < 4.78 is 24.0. The minimum absolute atomic E-state index is 0.145. The summed E-state index contributed by atoms with van der Waals surface area (Å²) in [6.07, 6.45) is 6.99. The normalized spacial score (nSPS) is 11.2. The van der Waals surface area contributed by atoms with Gasteiger partial charge in [0.25, 0.3) is 5.91 Å². The Kier molecular flexibility index (Phi) is 6.57. The van der Waals surface area contributed by atoms with E-state index in [4.69, 9.17) is 0 Å². The Bertz CT molecular complexity index is 1440. The molecule has 3 aromatic heterocycles. The van der Waals surface area contributed by atoms with Crippen molar-refractivity contribution in [3.8, 4) is 22.4 Å². The van der Waals surface area contributed by atoms with E-state index < -0.39 is 15.9 Å². The number of thiazole rings is 1. The Morgan fingerprint density at radius 2 is 1.82 bits per heavy atom. The molecule has 0 saturated carbocycles. The number of likely N-dealkylation sites (N-methyl/N-ethyl adjacent to an activating group) is 1. The Labute approximate surface area is 200 Å². The standard InChI is InChI=1S/C23H21N5O4S2/c1-27(21(29)13-25-22(30)19-8-11-28(14-19)34(2,31)32)23-26-20(15-33-23)18-5-3-4-17(12-18)16-6-9-24-10-7-16/h3-12,14-15H,13H2,1-2H3,(H,25,30). The summed E-state index contributed by atoms with van der Waals surface area (Å²) in [6.45, 7) is -0.258. The van der Waals surface area contributed by atoms with Gasteiger partial charge in [0.05, 0.1) is 24.1 Å². The number of pyridine rings is 1. The molecule has 0 fully saturated rings. The minimum Gasteiger partial charge on any atom is -0.343 e. The summed E-state index contributed by atoms with van der Waals surface area (Å²) >= 11 is 1.32. The minimum atomic E-state index is -3.48. The van der Waals surface area contributed by atoms with Crippen LogP contribution in [0.25, 0.3) is 22.4 Å². The first-order chi connectivity index (χ1) is 16.2. The van der Waals surface area contributed by atoms with Crippen LogP contribution in [0.1, 0.15) is 10.4 Å². The molecule has 174 valence electrons. The van der Waals surface area contributed by atoms with Crippen LogP contribution >= 0.6 is 11.3 Å². The van der Waals surface area contributed by atoms with Crippen molar-refractivity contribution in [2.45, 2.75) is 0 Å². The largest absolute Gasteiger partial charge is 0.343 e. The third-order valence-electron chi connectivity index (χ3n) is 5.04. The SMILES string of the molecule is CN(C(=O)CNC(=O)c1ccn(S(C)(=O)=O)c1)c1nc(-c2cccc(-c3ccncc3)c2)cs1. The number of nitrogens with zero attached hydrogens (tertiary/aromatic N) is 4. The van der Waals surface area contributed by atoms with Crippen LogP contribution in [0.3, 0.4) is 0 Å². The van der Waals surface area contributed by atoms with Crippen molar-refractivity contribution in [3.05, 3.63) is 78.2 Å². The summed E-state index contributed by atoms with van der Waals surface area (Å²) in [5.41, 5.74) is 3.88. The topological polar surface area (TPSA) is 114 Å². The molecule has 9 nitrogen and oxygen atoms in total. The van der Waals surface area contributed by atoms with Gasteiger partial charge in [-0.2, -0.15) is 0 Å². The van der Waals surface area contributed by atoms with Gasteiger partial charge in [-0.05, 0) is 35.4 Å². The molecule has 4 rings (SSSR count). The summed E-state index contributed by atoms with van der Waals surface area (Å²) in [5.74, 6) is -0.903. The molecular weight excluding hydrogens is 474 g/mol. The van der Waals surface area contributed by atoms with Crippen LogP contribution in [-0.4, -0.2) is 54.0 Å². The molecule has 1 N–H and O–H groups in total. The Balaban J connectivity index is 1.41. The number of hydrogen-bond donors (Lipinski definition) is 1. The van der Waals surface area contributed by atoms with Crippen molar-refractivity contribution in [1.29, 1.82) is 0 Å². The van der Waals surface area contributed by atoms with Crippen molar-refractivity contribution in [3.63, 3.8) is 0 Å². The average molecular weight is 496 g/mol. The van der Waals surface area contributed by atoms with Gasteiger partial charge < -0.3 is 5.32 Å². The molecule has 34 heavy (non-hydrogen) atoms. The number of nitrogens with one attached hydrogen (secondary N) is 1. The van der Waals surface area contributed by atoms with Crippen molar-refractivity contribution < 1.29 is 18.0 Å². The first-order valence-electron chi connectivity index (χ1n) is 10.1. The molecule has 2 amide bonds. The van der Waals surface area contributed by atoms with Gasteiger partial charge >= 0.3 is 0 Å². The van der Waals surface area contributed by atoms with E-state index in [0.717, 1.165) is 32.6 Å². The summed E-state index contributed by atoms with van der Waals surface area (Å²) in [4.78, 5) is 34.9. The highest BCUT2D eigenvalue weighted by atomic mass is 32.2. The predicted octanol–water partition coefficient (Wildman–Crippen LogP) is 2.87. The van der Waals surface area contributed by atoms with Gasteiger partial charge in [0.1, 0.15) is 0 Å². The van der Waals surface area contributed by atoms with Gasteiger partial charge in [0.15, 0.2) is 5.13 Å². The molecule has 0 bridgehead atoms. The number of carbonyl (C=O) groups excluding carboxylic acids is 2. The van der Waals surface area contributed by atoms with E-state index in [9.17, 15) is 18.0 Å². The monoisotopic (exact) mass is 495 g/mol. The van der Waals surface area contributed by atoms with Gasteiger partial charge in [-0.1, -0.05) is 18.2 Å². The molecule has 0 atom stereocenters. The molecule has 0 aliphatic rings. The molecular formula is C23H21N5O4S2. The first-order valence-corrected chi connectivity index (χ1v) is 12.8. The Hall–Kier alpha value is -3.83. The fraction of sp³-hybridized carbons (Fsp3) is 0.130. The van der Waals surface area contributed by atoms with Gasteiger partial charge in [0, 0.05) is 42.8 Å². The lowest BCUT2D eigenvalue weighted by molar-refractivity contribution is -0.117. The lowest BCUT2D eigenvalue weighted by Crippen LogP contribution is -2.38. The zero-order chi connectivity index (χ0) is 24.3. The highest BCUT2D eigenvalue weighted by Gasteiger charge is 2.18. The predicted molar refractivity (Wildman–Crippen MR) is 131 cm³/mol. The fourth-order valence-corrected chi connectivity index (χ4v) is 4.56. The number of carbonyl (C=O) groups is 2. The molecule has 11 heteroatoms. The van der Waals surface area contributed by atoms with Crippen LogP contribution in [-0.2, 0) is 14.8 Å². The van der Waals surface area contributed by atoms with E-state index in [-0.39, 0.29) is 18.0 Å². The van der Waals surface area contributed by atoms with Crippen molar-refractivity contribution in [1.82, 2.24) is 19.3 Å². The molecule has 0 aliphatic heterocycles. The quantitative estimate of drug-likeness (QED) is 0.422. The summed E-state index contributed by atoms with van der Waals surface area (Å²) in [5, 5.41) is 4.88. The van der Waals surface area contributed by atoms with Crippen LogP contribution in [0.2, 0.25) is 0 Å². The molecule has 0 aliphatic carbocycles. The Morgan fingerprint density at radius 1 is 1.09 bits per heavy atom. The van der Waals surface area contributed by atoms with Crippen LogP contribution < -0.4 is 10.2 Å². The number of rotatable bonds is 7. The van der Waals surface area contributed by atoms with E-state index in [2.05, 4.69) is 15.3 Å². The van der Waals surface area contributed by atoms with E-state index in [1.807, 2.05) is 41.8 Å². The molecule has 0 spiro atoms. The molecule has 1 aromatic carbocycles. The fourth-order valence-electron chi connectivity index (χ4n) is 3.15. The van der Waals surface area contributed by atoms with Crippen LogP contribution in [0.15, 0.2) is 72.6 Å². The van der Waals surface area contributed by atoms with Crippen LogP contribution in [0.5, 0.6) is 0 Å². The number of benzene rings is 1. The second-order valence-corrected chi connectivity index (χ2v) is 10.2. The van der Waals surface area contributed by atoms with Gasteiger partial charge in [0.2, 0.25) is 15.9 Å². The van der Waals surface area contributed by atoms with Gasteiger partial charge in [-0.3, -0.25) is 23.4 Å². The van der Waals surface area contributed by atoms with Crippen molar-refractivity contribution in [2.75, 3.05) is 24.7 Å². The maximum atomic E-state index is 12.6. The second-order valence-electron chi connectivity index (χ2n) is 7.46. The van der Waals surface area contributed by atoms with Crippen molar-refractivity contribution >= 4 is 38.3 Å². The number of hydrogen-bond acceptors (Lipinski definition) is 7. The lowest BCUT2D eigenvalue weighted by atomic mass is 10.0. The highest BCUT2D eigenvalue weighted by Crippen LogP contribution is 2.29. The van der Waals surface area contributed by atoms with Gasteiger partial charge in [-0.25, -0.2) is 13.4 Å². The third kappa shape index (κ3) is 5.21. The van der Waals surface area contributed by atoms with E-state index >= 15 is 0 Å². The van der Waals surface area contributed by atoms with E-state index in [1.54, 1.807) is 19.4 Å². The zero-order valence-corrected chi connectivity index (χ0v) is 20.0. The lowest BCUT2D eigenvalue weighted by Gasteiger charge is -2.14. The molecule has 0 saturated heterocycles. The summed E-state index contributed by atoms with van der Waals surface area (Å²) in [7, 11) is -1.90. The van der Waals surface area contributed by atoms with Crippen LogP contribution in [0.4, 0.5) is 5.13 Å². The molecule has 0 unspecified atom stereocenters. The first kappa shape index (κ1) is 23.3. The van der Waals surface area contributed by atoms with Crippen molar-refractivity contribution in [2.24, 2.45) is 0 Å². The second kappa shape index (κ2) is 9.57. The molecule has 0 radical (unpaired) electrons. The molecule has 3 heterocycles.